The van der Waals surface area contributed by atoms with E-state index in [9.17, 15) is 4.39 Å². The predicted molar refractivity (Wildman–Crippen MR) is 105 cm³/mol. The summed E-state index contributed by atoms with van der Waals surface area (Å²) in [6, 6.07) is 18.9. The van der Waals surface area contributed by atoms with Gasteiger partial charge in [-0.05, 0) is 41.5 Å². The Hall–Kier alpha value is -2.17. The second kappa shape index (κ2) is 7.60. The third-order valence-electron chi connectivity index (χ3n) is 5.56. The summed E-state index contributed by atoms with van der Waals surface area (Å²) in [6.07, 6.45) is 3.70. The van der Waals surface area contributed by atoms with E-state index in [1.165, 1.54) is 10.9 Å². The number of nitrogens with two attached hydrogens (primary N) is 1. The summed E-state index contributed by atoms with van der Waals surface area (Å²) in [5.41, 5.74) is 9.26. The topological polar surface area (TPSA) is 34.2 Å². The Morgan fingerprint density at radius 1 is 1.00 bits per heavy atom. The molecule has 2 N–H and O–H groups in total. The minimum absolute atomic E-state index is 0.431. The summed E-state index contributed by atoms with van der Waals surface area (Å²) in [5.74, 6) is 0. The highest BCUT2D eigenvalue weighted by Crippen LogP contribution is 2.29. The molecule has 4 rings (SSSR count). The van der Waals surface area contributed by atoms with E-state index >= 15 is 0 Å². The molecule has 2 heterocycles. The van der Waals surface area contributed by atoms with Crippen LogP contribution in [-0.2, 0) is 13.0 Å². The summed E-state index contributed by atoms with van der Waals surface area (Å²) in [7, 11) is 0. The Morgan fingerprint density at radius 3 is 2.50 bits per heavy atom. The van der Waals surface area contributed by atoms with Crippen LogP contribution in [0.3, 0.4) is 0 Å². The molecule has 2 aromatic carbocycles. The van der Waals surface area contributed by atoms with E-state index in [1.54, 1.807) is 0 Å². The fraction of sp³-hybridized carbons (Fsp3) is 0.364. The lowest BCUT2D eigenvalue weighted by Gasteiger charge is -2.35. The first kappa shape index (κ1) is 17.3. The molecule has 136 valence electrons. The first-order valence-corrected chi connectivity index (χ1v) is 9.46. The van der Waals surface area contributed by atoms with Gasteiger partial charge in [0.2, 0.25) is 0 Å². The largest absolute Gasteiger partial charge is 0.344 e. The second-order valence-electron chi connectivity index (χ2n) is 7.21. The van der Waals surface area contributed by atoms with E-state index in [4.69, 9.17) is 5.73 Å². The third-order valence-corrected chi connectivity index (χ3v) is 5.56. The molecule has 0 bridgehead atoms. The maximum Gasteiger partial charge on any atom is 0.157 e. The van der Waals surface area contributed by atoms with Gasteiger partial charge in [-0.3, -0.25) is 4.90 Å². The minimum Gasteiger partial charge on any atom is -0.344 e. The van der Waals surface area contributed by atoms with Crippen molar-refractivity contribution in [2.24, 2.45) is 5.73 Å². The maximum atomic E-state index is 14.7. The Balaban J connectivity index is 1.42. The van der Waals surface area contributed by atoms with E-state index in [0.717, 1.165) is 37.1 Å². The quantitative estimate of drug-likeness (QED) is 0.697. The number of likely N-dealkylation sites (tertiary alicyclic amines) is 1. The number of rotatable bonds is 5. The van der Waals surface area contributed by atoms with Crippen molar-refractivity contribution in [1.29, 1.82) is 0 Å². The molecule has 4 heteroatoms. The van der Waals surface area contributed by atoms with Crippen molar-refractivity contribution >= 4 is 10.9 Å². The molecule has 1 unspecified atom stereocenters. The second-order valence-corrected chi connectivity index (χ2v) is 7.21. The van der Waals surface area contributed by atoms with E-state index in [2.05, 4.69) is 35.0 Å². The van der Waals surface area contributed by atoms with Crippen molar-refractivity contribution in [1.82, 2.24) is 9.47 Å². The fourth-order valence-electron chi connectivity index (χ4n) is 4.02. The number of fused-ring (bicyclic) bond motifs is 1. The van der Waals surface area contributed by atoms with Crippen molar-refractivity contribution in [2.45, 2.75) is 38.1 Å². The zero-order valence-corrected chi connectivity index (χ0v) is 15.0. The summed E-state index contributed by atoms with van der Waals surface area (Å²) < 4.78 is 17.1. The third kappa shape index (κ3) is 3.53. The van der Waals surface area contributed by atoms with Gasteiger partial charge in [-0.25, -0.2) is 4.39 Å². The van der Waals surface area contributed by atoms with Crippen LogP contribution in [0.5, 0.6) is 0 Å². The Kier molecular flexibility index (Phi) is 5.05. The predicted octanol–water partition coefficient (Wildman–Crippen LogP) is 4.28. The lowest BCUT2D eigenvalue weighted by molar-refractivity contribution is 0.0511. The van der Waals surface area contributed by atoms with Gasteiger partial charge in [-0.2, -0.15) is 0 Å². The van der Waals surface area contributed by atoms with Gasteiger partial charge in [0, 0.05) is 43.8 Å². The smallest absolute Gasteiger partial charge is 0.157 e. The molecule has 0 radical (unpaired) electrons. The molecule has 0 saturated carbocycles. The highest BCUT2D eigenvalue weighted by Gasteiger charge is 2.26. The number of piperidine rings is 1. The van der Waals surface area contributed by atoms with Gasteiger partial charge >= 0.3 is 0 Å². The van der Waals surface area contributed by atoms with Crippen molar-refractivity contribution in [3.8, 4) is 0 Å². The van der Waals surface area contributed by atoms with Crippen LogP contribution in [0.1, 0.15) is 30.0 Å². The van der Waals surface area contributed by atoms with Crippen LogP contribution in [0.4, 0.5) is 4.39 Å². The maximum absolute atomic E-state index is 14.7. The molecule has 1 aliphatic heterocycles. The van der Waals surface area contributed by atoms with E-state index in [0.29, 0.717) is 19.0 Å². The van der Waals surface area contributed by atoms with Gasteiger partial charge < -0.3 is 10.3 Å². The SMILES string of the molecule is NCc1ccc2ccn(C3CCN(C(F)Cc4ccccc4)CC3)c2c1. The number of benzene rings is 2. The van der Waals surface area contributed by atoms with Gasteiger partial charge in [0.1, 0.15) is 0 Å². The summed E-state index contributed by atoms with van der Waals surface area (Å²) >= 11 is 0. The van der Waals surface area contributed by atoms with Crippen LogP contribution in [-0.4, -0.2) is 28.9 Å². The minimum atomic E-state index is -0.899. The molecule has 0 amide bonds. The first-order chi connectivity index (χ1) is 12.7. The summed E-state index contributed by atoms with van der Waals surface area (Å²) in [4.78, 5) is 1.99. The number of aromatic nitrogens is 1. The summed E-state index contributed by atoms with van der Waals surface area (Å²) in [5, 5.41) is 1.25. The van der Waals surface area contributed by atoms with Crippen LogP contribution in [0, 0.1) is 0 Å². The van der Waals surface area contributed by atoms with Crippen LogP contribution in [0.2, 0.25) is 0 Å². The van der Waals surface area contributed by atoms with Crippen LogP contribution in [0.15, 0.2) is 60.8 Å². The Morgan fingerprint density at radius 2 is 1.77 bits per heavy atom. The molecular weight excluding hydrogens is 325 g/mol. The average molecular weight is 351 g/mol. The Bertz CT molecular complexity index is 850. The molecule has 26 heavy (non-hydrogen) atoms. The number of hydrogen-bond donors (Lipinski definition) is 1. The molecule has 1 aliphatic rings. The highest BCUT2D eigenvalue weighted by atomic mass is 19.1. The van der Waals surface area contributed by atoms with Crippen molar-refractivity contribution in [3.05, 3.63) is 71.9 Å². The van der Waals surface area contributed by atoms with Crippen molar-refractivity contribution in [3.63, 3.8) is 0 Å². The lowest BCUT2D eigenvalue weighted by atomic mass is 10.0. The van der Waals surface area contributed by atoms with Crippen LogP contribution < -0.4 is 5.73 Å². The zero-order chi connectivity index (χ0) is 17.9. The monoisotopic (exact) mass is 351 g/mol. The van der Waals surface area contributed by atoms with Gasteiger partial charge in [-0.1, -0.05) is 42.5 Å². The first-order valence-electron chi connectivity index (χ1n) is 9.46. The Labute approximate surface area is 154 Å². The van der Waals surface area contributed by atoms with E-state index in [1.807, 2.05) is 35.2 Å². The van der Waals surface area contributed by atoms with Gasteiger partial charge in [0.15, 0.2) is 6.30 Å². The summed E-state index contributed by atoms with van der Waals surface area (Å²) in [6.45, 7) is 2.16. The molecule has 3 nitrogen and oxygen atoms in total. The number of halogens is 1. The number of alkyl halides is 1. The number of hydrogen-bond acceptors (Lipinski definition) is 2. The zero-order valence-electron chi connectivity index (χ0n) is 15.0. The van der Waals surface area contributed by atoms with Crippen LogP contribution in [0.25, 0.3) is 10.9 Å². The molecule has 1 aromatic heterocycles. The molecule has 1 atom stereocenters. The molecule has 1 fully saturated rings. The average Bonchev–Trinajstić information content (AvgIpc) is 3.12. The molecule has 3 aromatic rings. The highest BCUT2D eigenvalue weighted by molar-refractivity contribution is 5.81. The fourth-order valence-corrected chi connectivity index (χ4v) is 4.02. The standard InChI is InChI=1S/C22H26FN3/c23-22(15-17-4-2-1-3-5-17)25-11-9-20(10-12-25)26-13-8-19-7-6-18(16-24)14-21(19)26/h1-8,13-14,20,22H,9-12,15-16,24H2. The van der Waals surface area contributed by atoms with E-state index in [-0.39, 0.29) is 0 Å². The number of nitrogens with zero attached hydrogens (tertiary/aromatic N) is 2. The lowest BCUT2D eigenvalue weighted by Crippen LogP contribution is -2.40. The van der Waals surface area contributed by atoms with Crippen LogP contribution >= 0.6 is 0 Å². The normalized spacial score (nSPS) is 17.6. The van der Waals surface area contributed by atoms with E-state index < -0.39 is 6.30 Å². The van der Waals surface area contributed by atoms with Crippen molar-refractivity contribution in [2.75, 3.05) is 13.1 Å². The molecular formula is C22H26FN3. The van der Waals surface area contributed by atoms with Gasteiger partial charge in [-0.15, -0.1) is 0 Å². The molecule has 0 spiro atoms. The molecule has 0 aliphatic carbocycles. The van der Waals surface area contributed by atoms with Gasteiger partial charge in [0.25, 0.3) is 0 Å². The molecule has 1 saturated heterocycles. The van der Waals surface area contributed by atoms with Gasteiger partial charge in [0.05, 0.1) is 0 Å². The van der Waals surface area contributed by atoms with Crippen molar-refractivity contribution < 1.29 is 4.39 Å².